The second-order valence-corrected chi connectivity index (χ2v) is 4.54. The molecule has 0 radical (unpaired) electrons. The van der Waals surface area contributed by atoms with Crippen molar-refractivity contribution < 1.29 is 48.1 Å². The third kappa shape index (κ3) is 5.69. The van der Waals surface area contributed by atoms with E-state index in [2.05, 4.69) is 14.8 Å². The molecule has 1 unspecified atom stereocenters. The average molecular weight is 360 g/mol. The molecule has 25 heavy (non-hydrogen) atoms. The number of carbonyl (C=O) groups excluding carboxylic acids is 2. The van der Waals surface area contributed by atoms with Crippen LogP contribution in [0.15, 0.2) is 12.1 Å². The first kappa shape index (κ1) is 20.3. The third-order valence-corrected chi connectivity index (χ3v) is 2.83. The Bertz CT molecular complexity index is 586. The number of rotatable bonds is 9. The standard InChI is InChI=1S/C15H20O10/c1-9(8-18-2)22-15(17)24-25-23-14(16)10-6-7-11(19-3)13(21-5)12(10)20-4/h6-7,9H,8H2,1-5H3. The summed E-state index contributed by atoms with van der Waals surface area (Å²) in [4.78, 5) is 31.9. The van der Waals surface area contributed by atoms with Gasteiger partial charge < -0.3 is 23.7 Å². The lowest BCUT2D eigenvalue weighted by molar-refractivity contribution is -0.453. The fraction of sp³-hybridized carbons (Fsp3) is 0.467. The van der Waals surface area contributed by atoms with Crippen molar-refractivity contribution in [2.24, 2.45) is 0 Å². The SMILES string of the molecule is COCC(C)OC(=O)OOOC(=O)c1ccc(OC)c(OC)c1OC. The van der Waals surface area contributed by atoms with E-state index in [0.717, 1.165) is 0 Å². The first-order valence-electron chi connectivity index (χ1n) is 7.02. The van der Waals surface area contributed by atoms with E-state index in [1.807, 2.05) is 0 Å². The highest BCUT2D eigenvalue weighted by Crippen LogP contribution is 2.39. The van der Waals surface area contributed by atoms with Gasteiger partial charge in [-0.25, -0.2) is 14.5 Å². The van der Waals surface area contributed by atoms with E-state index in [9.17, 15) is 9.59 Å². The van der Waals surface area contributed by atoms with Gasteiger partial charge >= 0.3 is 12.1 Å². The van der Waals surface area contributed by atoms with Crippen molar-refractivity contribution in [2.45, 2.75) is 13.0 Å². The minimum Gasteiger partial charge on any atom is -0.493 e. The van der Waals surface area contributed by atoms with Gasteiger partial charge in [-0.15, -0.1) is 0 Å². The second-order valence-electron chi connectivity index (χ2n) is 4.54. The molecule has 0 aliphatic carbocycles. The molecule has 140 valence electrons. The maximum Gasteiger partial charge on any atom is 0.543 e. The van der Waals surface area contributed by atoms with Crippen LogP contribution in [-0.2, 0) is 24.3 Å². The van der Waals surface area contributed by atoms with Gasteiger partial charge in [0.25, 0.3) is 0 Å². The molecule has 1 aromatic rings. The summed E-state index contributed by atoms with van der Waals surface area (Å²) in [6.45, 7) is 1.74. The Hall–Kier alpha value is -2.72. The number of hydrogen-bond donors (Lipinski definition) is 0. The Balaban J connectivity index is 2.68. The summed E-state index contributed by atoms with van der Waals surface area (Å²) in [5.41, 5.74) is -0.0372. The van der Waals surface area contributed by atoms with Gasteiger partial charge in [-0.3, -0.25) is 4.89 Å². The molecule has 0 saturated carbocycles. The van der Waals surface area contributed by atoms with Crippen LogP contribution in [0.2, 0.25) is 0 Å². The van der Waals surface area contributed by atoms with Crippen LogP contribution in [0.1, 0.15) is 17.3 Å². The second kappa shape index (κ2) is 10.2. The molecule has 0 N–H and O–H groups in total. The number of carbonyl (C=O) groups is 2. The van der Waals surface area contributed by atoms with Crippen molar-refractivity contribution in [3.63, 3.8) is 0 Å². The van der Waals surface area contributed by atoms with Gasteiger partial charge in [0.2, 0.25) is 5.75 Å². The van der Waals surface area contributed by atoms with E-state index in [0.29, 0.717) is 5.75 Å². The molecule has 1 atom stereocenters. The monoisotopic (exact) mass is 360 g/mol. The maximum atomic E-state index is 12.0. The third-order valence-electron chi connectivity index (χ3n) is 2.83. The lowest BCUT2D eigenvalue weighted by Gasteiger charge is -2.14. The normalized spacial score (nSPS) is 11.2. The first-order valence-corrected chi connectivity index (χ1v) is 7.02. The van der Waals surface area contributed by atoms with Crippen LogP contribution in [-0.4, -0.2) is 53.3 Å². The molecule has 0 aliphatic heterocycles. The molecule has 0 amide bonds. The molecule has 0 fully saturated rings. The fourth-order valence-electron chi connectivity index (χ4n) is 1.84. The molecule has 0 saturated heterocycles. The van der Waals surface area contributed by atoms with E-state index in [1.54, 1.807) is 6.92 Å². The smallest absolute Gasteiger partial charge is 0.493 e. The molecule has 10 nitrogen and oxygen atoms in total. The van der Waals surface area contributed by atoms with Crippen LogP contribution >= 0.6 is 0 Å². The van der Waals surface area contributed by atoms with Crippen LogP contribution in [0.4, 0.5) is 4.79 Å². The van der Waals surface area contributed by atoms with Gasteiger partial charge in [0.05, 0.1) is 33.0 Å². The van der Waals surface area contributed by atoms with Gasteiger partial charge in [0.15, 0.2) is 11.5 Å². The van der Waals surface area contributed by atoms with E-state index in [1.165, 1.54) is 40.6 Å². The van der Waals surface area contributed by atoms with Gasteiger partial charge in [-0.05, 0) is 19.1 Å². The Morgan fingerprint density at radius 2 is 1.64 bits per heavy atom. The predicted molar refractivity (Wildman–Crippen MR) is 81.5 cm³/mol. The average Bonchev–Trinajstić information content (AvgIpc) is 2.59. The lowest BCUT2D eigenvalue weighted by atomic mass is 10.1. The summed E-state index contributed by atoms with van der Waals surface area (Å²) >= 11 is 0. The number of hydrogen-bond acceptors (Lipinski definition) is 10. The summed E-state index contributed by atoms with van der Waals surface area (Å²) < 4.78 is 24.9. The van der Waals surface area contributed by atoms with Gasteiger partial charge in [-0.2, -0.15) is 0 Å². The Morgan fingerprint density at radius 3 is 2.20 bits per heavy atom. The quantitative estimate of drug-likeness (QED) is 0.368. The molecule has 0 spiro atoms. The summed E-state index contributed by atoms with van der Waals surface area (Å²) in [6.07, 6.45) is -1.76. The minimum absolute atomic E-state index is 0.0372. The van der Waals surface area contributed by atoms with E-state index in [-0.39, 0.29) is 23.7 Å². The highest BCUT2D eigenvalue weighted by atomic mass is 17.5. The van der Waals surface area contributed by atoms with Crippen LogP contribution < -0.4 is 14.2 Å². The summed E-state index contributed by atoms with van der Waals surface area (Å²) in [7, 11) is 5.59. The molecule has 1 rings (SSSR count). The molecule has 1 aromatic carbocycles. The largest absolute Gasteiger partial charge is 0.543 e. The summed E-state index contributed by atoms with van der Waals surface area (Å²) in [5, 5.41) is 4.13. The Labute approximate surface area is 144 Å². The first-order chi connectivity index (χ1) is 12.0. The fourth-order valence-corrected chi connectivity index (χ4v) is 1.84. The van der Waals surface area contributed by atoms with Crippen LogP contribution in [0.5, 0.6) is 17.2 Å². The molecule has 0 aliphatic rings. The van der Waals surface area contributed by atoms with Crippen molar-refractivity contribution in [3.8, 4) is 17.2 Å². The van der Waals surface area contributed by atoms with E-state index < -0.39 is 18.2 Å². The van der Waals surface area contributed by atoms with Gasteiger partial charge in [0, 0.05) is 7.11 Å². The Kier molecular flexibility index (Phi) is 8.30. The molecule has 0 bridgehead atoms. The maximum absolute atomic E-state index is 12.0. The highest BCUT2D eigenvalue weighted by molar-refractivity contribution is 5.93. The zero-order valence-corrected chi connectivity index (χ0v) is 14.5. The Morgan fingerprint density at radius 1 is 0.960 bits per heavy atom. The number of ether oxygens (including phenoxy) is 5. The van der Waals surface area contributed by atoms with Gasteiger partial charge in [-0.1, -0.05) is 0 Å². The van der Waals surface area contributed by atoms with Crippen molar-refractivity contribution in [3.05, 3.63) is 17.7 Å². The van der Waals surface area contributed by atoms with Crippen LogP contribution in [0.25, 0.3) is 0 Å². The zero-order chi connectivity index (χ0) is 18.8. The van der Waals surface area contributed by atoms with Crippen molar-refractivity contribution in [1.82, 2.24) is 0 Å². The van der Waals surface area contributed by atoms with Crippen LogP contribution in [0, 0.1) is 0 Å². The van der Waals surface area contributed by atoms with Crippen molar-refractivity contribution in [1.29, 1.82) is 0 Å². The molecule has 0 heterocycles. The highest BCUT2D eigenvalue weighted by Gasteiger charge is 2.23. The minimum atomic E-state index is -1.20. The molecule has 10 heteroatoms. The molecular weight excluding hydrogens is 340 g/mol. The van der Waals surface area contributed by atoms with Crippen molar-refractivity contribution in [2.75, 3.05) is 35.0 Å². The predicted octanol–water partition coefficient (Wildman–Crippen LogP) is 1.90. The summed E-state index contributed by atoms with van der Waals surface area (Å²) in [5.74, 6) is -0.390. The number of benzene rings is 1. The number of methoxy groups -OCH3 is 4. The van der Waals surface area contributed by atoms with Crippen molar-refractivity contribution >= 4 is 12.1 Å². The summed E-state index contributed by atoms with van der Waals surface area (Å²) in [6, 6.07) is 2.84. The topological polar surface area (TPSA) is 108 Å². The lowest BCUT2D eigenvalue weighted by Crippen LogP contribution is -2.21. The van der Waals surface area contributed by atoms with E-state index in [4.69, 9.17) is 23.7 Å². The molecule has 0 aromatic heterocycles. The van der Waals surface area contributed by atoms with E-state index >= 15 is 0 Å². The zero-order valence-electron chi connectivity index (χ0n) is 14.5. The van der Waals surface area contributed by atoms with Gasteiger partial charge in [0.1, 0.15) is 11.7 Å². The molecular formula is C15H20O10. The van der Waals surface area contributed by atoms with Crippen LogP contribution in [0.3, 0.4) is 0 Å².